The lowest BCUT2D eigenvalue weighted by Gasteiger charge is -2.17. The number of nitrogens with one attached hydrogen (secondary N) is 1. The Bertz CT molecular complexity index is 678. The van der Waals surface area contributed by atoms with Gasteiger partial charge in [-0.15, -0.1) is 11.8 Å². The lowest BCUT2D eigenvalue weighted by Crippen LogP contribution is -2.37. The highest BCUT2D eigenvalue weighted by atomic mass is 32.2. The summed E-state index contributed by atoms with van der Waals surface area (Å²) in [5, 5.41) is 2.59. The fourth-order valence-corrected chi connectivity index (χ4v) is 3.17. The quantitative estimate of drug-likeness (QED) is 0.741. The van der Waals surface area contributed by atoms with Crippen LogP contribution in [0.3, 0.4) is 0 Å². The molecule has 5 heteroatoms. The Morgan fingerprint density at radius 1 is 1.08 bits per heavy atom. The second-order valence-corrected chi connectivity index (χ2v) is 7.18. The van der Waals surface area contributed by atoms with Gasteiger partial charge in [-0.2, -0.15) is 0 Å². The van der Waals surface area contributed by atoms with Crippen LogP contribution in [-0.4, -0.2) is 17.2 Å². The SMILES string of the molecule is C[C@@H](CCc1ccccc1)NC(=O)[C@@H](C)Sc1ccc(F)c(F)c1. The van der Waals surface area contributed by atoms with Crippen molar-refractivity contribution in [3.8, 4) is 0 Å². The normalized spacial score (nSPS) is 13.3. The summed E-state index contributed by atoms with van der Waals surface area (Å²) < 4.78 is 26.1. The number of carbonyl (C=O) groups is 1. The molecule has 1 amide bonds. The van der Waals surface area contributed by atoms with Gasteiger partial charge in [0.25, 0.3) is 0 Å². The third kappa shape index (κ3) is 5.64. The zero-order valence-corrected chi connectivity index (χ0v) is 14.6. The molecule has 0 saturated heterocycles. The standard InChI is InChI=1S/C19H21F2NOS/c1-13(8-9-15-6-4-3-5-7-15)22-19(23)14(2)24-16-10-11-17(20)18(21)12-16/h3-7,10-14H,8-9H2,1-2H3,(H,22,23)/t13-,14+/m0/s1. The zero-order chi connectivity index (χ0) is 17.5. The van der Waals surface area contributed by atoms with E-state index >= 15 is 0 Å². The average molecular weight is 349 g/mol. The summed E-state index contributed by atoms with van der Waals surface area (Å²) in [5.74, 6) is -1.89. The first-order valence-electron chi connectivity index (χ1n) is 7.91. The Hall–Kier alpha value is -1.88. The van der Waals surface area contributed by atoms with Crippen LogP contribution in [0.4, 0.5) is 8.78 Å². The van der Waals surface area contributed by atoms with Gasteiger partial charge < -0.3 is 5.32 Å². The van der Waals surface area contributed by atoms with Crippen molar-refractivity contribution < 1.29 is 13.6 Å². The fraction of sp³-hybridized carbons (Fsp3) is 0.316. The number of amides is 1. The number of rotatable bonds is 7. The summed E-state index contributed by atoms with van der Waals surface area (Å²) in [6.07, 6.45) is 1.74. The number of halogens is 2. The summed E-state index contributed by atoms with van der Waals surface area (Å²) in [6, 6.07) is 13.8. The van der Waals surface area contributed by atoms with E-state index in [1.165, 1.54) is 23.4 Å². The summed E-state index contributed by atoms with van der Waals surface area (Å²) in [4.78, 5) is 12.8. The number of thioether (sulfide) groups is 1. The maximum atomic E-state index is 13.2. The molecule has 2 aromatic rings. The van der Waals surface area contributed by atoms with Crippen LogP contribution in [0.15, 0.2) is 53.4 Å². The fourth-order valence-electron chi connectivity index (χ4n) is 2.27. The van der Waals surface area contributed by atoms with Crippen LogP contribution in [0, 0.1) is 11.6 Å². The van der Waals surface area contributed by atoms with Gasteiger partial charge in [0.1, 0.15) is 0 Å². The number of carbonyl (C=O) groups excluding carboxylic acids is 1. The minimum Gasteiger partial charge on any atom is -0.353 e. The highest BCUT2D eigenvalue weighted by Crippen LogP contribution is 2.25. The maximum absolute atomic E-state index is 13.2. The lowest BCUT2D eigenvalue weighted by atomic mass is 10.1. The van der Waals surface area contributed by atoms with Crippen molar-refractivity contribution >= 4 is 17.7 Å². The number of hydrogen-bond donors (Lipinski definition) is 1. The molecule has 0 radical (unpaired) electrons. The first kappa shape index (κ1) is 18.5. The van der Waals surface area contributed by atoms with E-state index in [0.29, 0.717) is 4.90 Å². The minimum absolute atomic E-state index is 0.0470. The van der Waals surface area contributed by atoms with Crippen LogP contribution in [-0.2, 0) is 11.2 Å². The average Bonchev–Trinajstić information content (AvgIpc) is 2.57. The molecule has 2 nitrogen and oxygen atoms in total. The van der Waals surface area contributed by atoms with Gasteiger partial charge in [0.05, 0.1) is 5.25 Å². The molecule has 0 saturated carbocycles. The first-order valence-corrected chi connectivity index (χ1v) is 8.79. The van der Waals surface area contributed by atoms with Crippen LogP contribution in [0.2, 0.25) is 0 Å². The van der Waals surface area contributed by atoms with Crippen molar-refractivity contribution in [1.29, 1.82) is 0 Å². The van der Waals surface area contributed by atoms with Crippen molar-refractivity contribution in [3.05, 3.63) is 65.7 Å². The number of aryl methyl sites for hydroxylation is 1. The van der Waals surface area contributed by atoms with Gasteiger partial charge in [-0.25, -0.2) is 8.78 Å². The molecule has 0 aliphatic heterocycles. The third-order valence-electron chi connectivity index (χ3n) is 3.67. The molecule has 0 aliphatic carbocycles. The Morgan fingerprint density at radius 3 is 2.46 bits per heavy atom. The van der Waals surface area contributed by atoms with Crippen molar-refractivity contribution in [2.24, 2.45) is 0 Å². The summed E-state index contributed by atoms with van der Waals surface area (Å²) in [6.45, 7) is 3.72. The Balaban J connectivity index is 1.80. The predicted molar refractivity (Wildman–Crippen MR) is 94.0 cm³/mol. The van der Waals surface area contributed by atoms with E-state index in [9.17, 15) is 13.6 Å². The highest BCUT2D eigenvalue weighted by Gasteiger charge is 2.17. The van der Waals surface area contributed by atoms with Crippen molar-refractivity contribution in [2.45, 2.75) is 42.9 Å². The molecular formula is C19H21F2NOS. The van der Waals surface area contributed by atoms with E-state index in [0.717, 1.165) is 25.0 Å². The predicted octanol–water partition coefficient (Wildman–Crippen LogP) is 4.58. The van der Waals surface area contributed by atoms with E-state index in [4.69, 9.17) is 0 Å². The molecule has 128 valence electrons. The zero-order valence-electron chi connectivity index (χ0n) is 13.8. The Morgan fingerprint density at radius 2 is 1.79 bits per heavy atom. The molecule has 1 N–H and O–H groups in total. The van der Waals surface area contributed by atoms with Crippen LogP contribution in [0.5, 0.6) is 0 Å². The monoisotopic (exact) mass is 349 g/mol. The van der Waals surface area contributed by atoms with E-state index in [1.54, 1.807) is 6.92 Å². The molecule has 0 spiro atoms. The van der Waals surface area contributed by atoms with Crippen LogP contribution >= 0.6 is 11.8 Å². The third-order valence-corrected chi connectivity index (χ3v) is 4.76. The van der Waals surface area contributed by atoms with Gasteiger partial charge in [0.2, 0.25) is 5.91 Å². The second kappa shape index (κ2) is 8.83. The molecule has 24 heavy (non-hydrogen) atoms. The molecular weight excluding hydrogens is 328 g/mol. The first-order chi connectivity index (χ1) is 11.5. The topological polar surface area (TPSA) is 29.1 Å². The summed E-state index contributed by atoms with van der Waals surface area (Å²) in [7, 11) is 0. The van der Waals surface area contributed by atoms with Gasteiger partial charge in [-0.3, -0.25) is 4.79 Å². The molecule has 2 aromatic carbocycles. The van der Waals surface area contributed by atoms with E-state index in [2.05, 4.69) is 17.4 Å². The second-order valence-electron chi connectivity index (χ2n) is 5.77. The van der Waals surface area contributed by atoms with Gasteiger partial charge in [0, 0.05) is 10.9 Å². The summed E-state index contributed by atoms with van der Waals surface area (Å²) >= 11 is 1.21. The van der Waals surface area contributed by atoms with E-state index in [1.807, 2.05) is 25.1 Å². The van der Waals surface area contributed by atoms with E-state index in [-0.39, 0.29) is 17.2 Å². The molecule has 0 aliphatic rings. The largest absolute Gasteiger partial charge is 0.353 e. The molecule has 2 rings (SSSR count). The molecule has 0 heterocycles. The maximum Gasteiger partial charge on any atom is 0.233 e. The Labute approximate surface area is 145 Å². The van der Waals surface area contributed by atoms with Crippen LogP contribution in [0.25, 0.3) is 0 Å². The van der Waals surface area contributed by atoms with Crippen molar-refractivity contribution in [2.75, 3.05) is 0 Å². The minimum atomic E-state index is -0.899. The van der Waals surface area contributed by atoms with Crippen LogP contribution < -0.4 is 5.32 Å². The Kier molecular flexibility index (Phi) is 6.79. The number of hydrogen-bond acceptors (Lipinski definition) is 2. The van der Waals surface area contributed by atoms with Gasteiger partial charge >= 0.3 is 0 Å². The van der Waals surface area contributed by atoms with E-state index < -0.39 is 11.6 Å². The molecule has 0 bridgehead atoms. The molecule has 0 unspecified atom stereocenters. The van der Waals surface area contributed by atoms with Crippen LogP contribution in [0.1, 0.15) is 25.8 Å². The molecule has 0 aromatic heterocycles. The van der Waals surface area contributed by atoms with Gasteiger partial charge in [-0.05, 0) is 50.5 Å². The lowest BCUT2D eigenvalue weighted by molar-refractivity contribution is -0.120. The molecule has 0 fully saturated rings. The molecule has 2 atom stereocenters. The summed E-state index contributed by atoms with van der Waals surface area (Å²) in [5.41, 5.74) is 1.24. The van der Waals surface area contributed by atoms with Gasteiger partial charge in [-0.1, -0.05) is 30.3 Å². The highest BCUT2D eigenvalue weighted by molar-refractivity contribution is 8.00. The van der Waals surface area contributed by atoms with Crippen molar-refractivity contribution in [1.82, 2.24) is 5.32 Å². The van der Waals surface area contributed by atoms with Crippen molar-refractivity contribution in [3.63, 3.8) is 0 Å². The number of benzene rings is 2. The van der Waals surface area contributed by atoms with Gasteiger partial charge in [0.15, 0.2) is 11.6 Å². The smallest absolute Gasteiger partial charge is 0.233 e.